The summed E-state index contributed by atoms with van der Waals surface area (Å²) in [6, 6.07) is 13.8. The molecule has 1 aliphatic carbocycles. The predicted molar refractivity (Wildman–Crippen MR) is 123 cm³/mol. The molecule has 1 N–H and O–H groups in total. The number of hydrogen-bond acceptors (Lipinski definition) is 7. The highest BCUT2D eigenvalue weighted by Gasteiger charge is 2.23. The van der Waals surface area contributed by atoms with E-state index < -0.39 is 0 Å². The van der Waals surface area contributed by atoms with Crippen LogP contribution in [-0.4, -0.2) is 24.4 Å². The third kappa shape index (κ3) is 4.31. The predicted octanol–water partition coefficient (Wildman–Crippen LogP) is 5.39. The maximum atomic E-state index is 12.2. The molecule has 2 aromatic rings. The van der Waals surface area contributed by atoms with Crippen molar-refractivity contribution in [3.63, 3.8) is 0 Å². The van der Waals surface area contributed by atoms with Crippen molar-refractivity contribution in [2.24, 2.45) is 0 Å². The Morgan fingerprint density at radius 3 is 2.70 bits per heavy atom. The lowest BCUT2D eigenvalue weighted by atomic mass is 9.91. The molecule has 2 aromatic carbocycles. The summed E-state index contributed by atoms with van der Waals surface area (Å²) in [5.41, 5.74) is 3.00. The van der Waals surface area contributed by atoms with E-state index in [1.54, 1.807) is 18.2 Å². The molecule has 170 valence electrons. The van der Waals surface area contributed by atoms with Gasteiger partial charge in [-0.05, 0) is 23.3 Å². The average Bonchev–Trinajstić information content (AvgIpc) is 3.33. The van der Waals surface area contributed by atoms with Crippen molar-refractivity contribution in [1.29, 1.82) is 0 Å². The fourth-order valence-corrected chi connectivity index (χ4v) is 4.22. The van der Waals surface area contributed by atoms with Crippen LogP contribution in [0.5, 0.6) is 5.75 Å². The Hall–Kier alpha value is -2.65. The van der Waals surface area contributed by atoms with Gasteiger partial charge in [-0.2, -0.15) is 0 Å². The number of ether oxygens (including phenoxy) is 1. The van der Waals surface area contributed by atoms with E-state index in [1.807, 2.05) is 24.3 Å². The molecule has 1 fully saturated rings. The van der Waals surface area contributed by atoms with Gasteiger partial charge in [0.15, 0.2) is 0 Å². The molecule has 0 saturated carbocycles. The molecule has 9 heteroatoms. The zero-order valence-electron chi connectivity index (χ0n) is 17.2. The van der Waals surface area contributed by atoms with Gasteiger partial charge in [0, 0.05) is 35.1 Å². The minimum atomic E-state index is -0.347. The van der Waals surface area contributed by atoms with Gasteiger partial charge < -0.3 is 14.3 Å². The van der Waals surface area contributed by atoms with Crippen LogP contribution in [0.1, 0.15) is 12.0 Å². The maximum absolute atomic E-state index is 12.2. The number of fused-ring (bicyclic) bond motifs is 2. The third-order valence-electron chi connectivity index (χ3n) is 5.46. The van der Waals surface area contributed by atoms with E-state index >= 15 is 0 Å². The Kier molecular flexibility index (Phi) is 6.25. The topological polar surface area (TPSA) is 87.4 Å². The van der Waals surface area contributed by atoms with Crippen LogP contribution in [0, 0.1) is 0 Å². The van der Waals surface area contributed by atoms with Crippen LogP contribution in [0.4, 0.5) is 0 Å². The van der Waals surface area contributed by atoms with Crippen LogP contribution in [0.25, 0.3) is 33.4 Å². The molecule has 3 aliphatic rings. The molecule has 5 rings (SSSR count). The summed E-state index contributed by atoms with van der Waals surface area (Å²) in [5.74, 6) is 0.784. The maximum Gasteiger partial charge on any atom is 0.200 e. The Bertz CT molecular complexity index is 1340. The summed E-state index contributed by atoms with van der Waals surface area (Å²) in [4.78, 5) is 21.9. The Balaban J connectivity index is 1.66. The zero-order chi connectivity index (χ0) is 22.9. The van der Waals surface area contributed by atoms with E-state index in [9.17, 15) is 9.90 Å². The molecule has 1 atom stereocenters. The van der Waals surface area contributed by atoms with E-state index in [1.165, 1.54) is 6.07 Å². The van der Waals surface area contributed by atoms with Crippen LogP contribution in [-0.2, 0) is 21.4 Å². The van der Waals surface area contributed by atoms with Crippen LogP contribution in [0.15, 0.2) is 57.7 Å². The molecule has 1 unspecified atom stereocenters. The second kappa shape index (κ2) is 9.30. The number of halogens is 2. The first-order chi connectivity index (χ1) is 16.0. The Morgan fingerprint density at radius 2 is 1.91 bits per heavy atom. The average molecular weight is 489 g/mol. The molecular weight excluding hydrogens is 471 g/mol. The van der Waals surface area contributed by atoms with Gasteiger partial charge >= 0.3 is 0 Å². The minimum Gasteiger partial charge on any atom is -0.492 e. The van der Waals surface area contributed by atoms with E-state index in [0.717, 1.165) is 11.1 Å². The largest absolute Gasteiger partial charge is 0.492 e. The Labute approximate surface area is 198 Å². The van der Waals surface area contributed by atoms with Gasteiger partial charge in [-0.1, -0.05) is 52.5 Å². The lowest BCUT2D eigenvalue weighted by Gasteiger charge is -2.18. The Morgan fingerprint density at radius 1 is 1.06 bits per heavy atom. The normalized spacial score (nSPS) is 16.0. The summed E-state index contributed by atoms with van der Waals surface area (Å²) in [6.07, 6.45) is 0.316. The van der Waals surface area contributed by atoms with Gasteiger partial charge in [-0.3, -0.25) is 4.79 Å². The highest BCUT2D eigenvalue weighted by molar-refractivity contribution is 6.33. The van der Waals surface area contributed by atoms with Crippen LogP contribution in [0.2, 0.25) is 10.0 Å². The van der Waals surface area contributed by atoms with Gasteiger partial charge in [-0.15, -0.1) is 0 Å². The minimum absolute atomic E-state index is 0.0768. The first kappa shape index (κ1) is 22.2. The van der Waals surface area contributed by atoms with E-state index in [0.29, 0.717) is 58.3 Å². The van der Waals surface area contributed by atoms with E-state index in [4.69, 9.17) is 42.1 Å². The summed E-state index contributed by atoms with van der Waals surface area (Å²) >= 11 is 12.7. The molecular formula is C24H18Cl2O7. The van der Waals surface area contributed by atoms with Crippen molar-refractivity contribution in [3.05, 3.63) is 74.4 Å². The number of aliphatic hydroxyl groups excluding tert-OH is 1. The van der Waals surface area contributed by atoms with Gasteiger partial charge in [0.2, 0.25) is 5.43 Å². The highest BCUT2D eigenvalue weighted by atomic mass is 35.5. The molecule has 0 radical (unpaired) electrons. The molecule has 0 aromatic heterocycles. The monoisotopic (exact) mass is 488 g/mol. The molecule has 1 saturated heterocycles. The quantitative estimate of drug-likeness (QED) is 0.287. The van der Waals surface area contributed by atoms with Gasteiger partial charge in [0.1, 0.15) is 29.8 Å². The molecule has 0 spiro atoms. The third-order valence-corrected chi connectivity index (χ3v) is 6.05. The molecule has 0 amide bonds. The van der Waals surface area contributed by atoms with Crippen molar-refractivity contribution in [3.8, 4) is 28.2 Å². The molecule has 33 heavy (non-hydrogen) atoms. The SMILES string of the molecule is O=c1cc2oc3cc(OCCC4COOO4)c(Cl)cc3c(-c3ccccc3CO)c-2cc1Cl. The molecule has 2 heterocycles. The molecule has 2 aliphatic heterocycles. The standard InChI is InChI=1S/C24H18Cl2O7/c25-18-7-16-21(9-20(18)28)31-22-10-23(29-6-5-14-12-30-33-32-14)19(26)8-17(22)24(16)15-4-2-1-3-13(15)11-27/h1-4,7-10,14,27H,5-6,11-12H2. The summed E-state index contributed by atoms with van der Waals surface area (Å²) in [7, 11) is 0. The summed E-state index contributed by atoms with van der Waals surface area (Å²) < 4.78 is 11.9. The fraction of sp³-hybridized carbons (Fsp3) is 0.208. The van der Waals surface area contributed by atoms with Crippen molar-refractivity contribution < 1.29 is 29.1 Å². The lowest BCUT2D eigenvalue weighted by Crippen LogP contribution is -2.14. The van der Waals surface area contributed by atoms with Crippen molar-refractivity contribution in [2.45, 2.75) is 19.1 Å². The number of hydrogen-bond donors (Lipinski definition) is 1. The fourth-order valence-electron chi connectivity index (χ4n) is 3.84. The van der Waals surface area contributed by atoms with Crippen LogP contribution >= 0.6 is 23.2 Å². The van der Waals surface area contributed by atoms with Crippen molar-refractivity contribution >= 4 is 34.2 Å². The first-order valence-corrected chi connectivity index (χ1v) is 11.0. The van der Waals surface area contributed by atoms with Gasteiger partial charge in [-0.25, -0.2) is 9.78 Å². The van der Waals surface area contributed by atoms with Gasteiger partial charge in [0.05, 0.1) is 23.3 Å². The second-order valence-corrected chi connectivity index (χ2v) is 8.37. The smallest absolute Gasteiger partial charge is 0.200 e. The summed E-state index contributed by atoms with van der Waals surface area (Å²) in [5, 5.41) is 15.5. The lowest BCUT2D eigenvalue weighted by molar-refractivity contribution is -0.460. The molecule has 7 nitrogen and oxygen atoms in total. The number of benzene rings is 3. The highest BCUT2D eigenvalue weighted by Crippen LogP contribution is 2.44. The van der Waals surface area contributed by atoms with Crippen LogP contribution in [0.3, 0.4) is 0 Å². The van der Waals surface area contributed by atoms with Crippen molar-refractivity contribution in [2.75, 3.05) is 13.2 Å². The van der Waals surface area contributed by atoms with E-state index in [-0.39, 0.29) is 23.2 Å². The molecule has 0 bridgehead atoms. The second-order valence-electron chi connectivity index (χ2n) is 7.56. The zero-order valence-corrected chi connectivity index (χ0v) is 18.7. The van der Waals surface area contributed by atoms with E-state index in [2.05, 4.69) is 5.04 Å². The number of aliphatic hydroxyl groups is 1. The van der Waals surface area contributed by atoms with Crippen molar-refractivity contribution in [1.82, 2.24) is 0 Å². The summed E-state index contributed by atoms with van der Waals surface area (Å²) in [6.45, 7) is 0.477. The van der Waals surface area contributed by atoms with Crippen LogP contribution < -0.4 is 10.2 Å². The number of rotatable bonds is 6. The van der Waals surface area contributed by atoms with Gasteiger partial charge in [0.25, 0.3) is 0 Å². The first-order valence-electron chi connectivity index (χ1n) is 10.2.